The Hall–Kier alpha value is -3.62. The smallest absolute Gasteiger partial charge is 0.257 e. The predicted octanol–water partition coefficient (Wildman–Crippen LogP) is 2.86. The fourth-order valence-electron chi connectivity index (χ4n) is 3.33. The summed E-state index contributed by atoms with van der Waals surface area (Å²) in [6.45, 7) is 1.66. The van der Waals surface area contributed by atoms with Gasteiger partial charge in [0.1, 0.15) is 40.4 Å². The summed E-state index contributed by atoms with van der Waals surface area (Å²) in [5, 5.41) is 6.51. The third-order valence-corrected chi connectivity index (χ3v) is 4.72. The third kappa shape index (κ3) is 3.35. The van der Waals surface area contributed by atoms with Gasteiger partial charge >= 0.3 is 0 Å². The molecule has 1 saturated heterocycles. The largest absolute Gasteiger partial charge is 0.360 e. The minimum atomic E-state index is -0.924. The van der Waals surface area contributed by atoms with Gasteiger partial charge in [0.05, 0.1) is 5.69 Å². The summed E-state index contributed by atoms with van der Waals surface area (Å²) in [4.78, 5) is 30.7. The van der Waals surface area contributed by atoms with Gasteiger partial charge in [-0.2, -0.15) is 0 Å². The predicted molar refractivity (Wildman–Crippen MR) is 99.1 cm³/mol. The molecular weight excluding hydrogens is 382 g/mol. The first kappa shape index (κ1) is 18.7. The molecule has 2 amide bonds. The van der Waals surface area contributed by atoms with E-state index in [0.29, 0.717) is 5.69 Å². The third-order valence-electron chi connectivity index (χ3n) is 4.72. The number of carbonyl (C=O) groups is 2. The van der Waals surface area contributed by atoms with Gasteiger partial charge in [-0.3, -0.25) is 14.6 Å². The summed E-state index contributed by atoms with van der Waals surface area (Å²) >= 11 is 0. The first-order chi connectivity index (χ1) is 14.0. The Kier molecular flexibility index (Phi) is 4.79. The molecule has 0 aliphatic carbocycles. The van der Waals surface area contributed by atoms with Crippen LogP contribution in [0.2, 0.25) is 0 Å². The molecule has 1 aliphatic heterocycles. The Morgan fingerprint density at radius 2 is 1.97 bits per heavy atom. The lowest BCUT2D eigenvalue weighted by Gasteiger charge is -2.18. The lowest BCUT2D eigenvalue weighted by Crippen LogP contribution is -2.42. The standard InChI is InChI=1S/C20H16F2N4O3/c1-11-16(17(25-29-11)14-7-2-3-9-23-14)19(27)24-15-8-10-26(20(15)28)18-12(21)5-4-6-13(18)22/h2-7,9,15H,8,10H2,1H3,(H,24,27)/t15-/m0/s1. The number of aryl methyl sites for hydroxylation is 1. The van der Waals surface area contributed by atoms with E-state index in [9.17, 15) is 18.4 Å². The minimum Gasteiger partial charge on any atom is -0.360 e. The van der Waals surface area contributed by atoms with Crippen molar-refractivity contribution < 1.29 is 22.9 Å². The van der Waals surface area contributed by atoms with Crippen molar-refractivity contribution >= 4 is 17.5 Å². The Bertz CT molecular complexity index is 1060. The summed E-state index contributed by atoms with van der Waals surface area (Å²) in [6, 6.07) is 7.61. The average molecular weight is 398 g/mol. The second kappa shape index (κ2) is 7.42. The maximum atomic E-state index is 14.0. The van der Waals surface area contributed by atoms with Gasteiger partial charge in [-0.15, -0.1) is 0 Å². The van der Waals surface area contributed by atoms with Crippen LogP contribution in [0.25, 0.3) is 11.4 Å². The number of benzene rings is 1. The van der Waals surface area contributed by atoms with Gasteiger partial charge < -0.3 is 14.7 Å². The highest BCUT2D eigenvalue weighted by atomic mass is 19.1. The van der Waals surface area contributed by atoms with Gasteiger partial charge in [-0.05, 0) is 37.6 Å². The number of halogens is 2. The van der Waals surface area contributed by atoms with Crippen molar-refractivity contribution in [2.45, 2.75) is 19.4 Å². The van der Waals surface area contributed by atoms with Crippen molar-refractivity contribution in [3.63, 3.8) is 0 Å². The molecule has 1 fully saturated rings. The molecule has 0 bridgehead atoms. The van der Waals surface area contributed by atoms with Crippen LogP contribution in [0, 0.1) is 18.6 Å². The molecule has 7 nitrogen and oxygen atoms in total. The number of nitrogens with zero attached hydrogens (tertiary/aromatic N) is 3. The molecule has 1 atom stereocenters. The van der Waals surface area contributed by atoms with Crippen LogP contribution in [-0.2, 0) is 4.79 Å². The first-order valence-electron chi connectivity index (χ1n) is 8.91. The summed E-state index contributed by atoms with van der Waals surface area (Å²) in [5.74, 6) is -2.56. The number of para-hydroxylation sites is 1. The van der Waals surface area contributed by atoms with E-state index in [0.717, 1.165) is 17.0 Å². The molecule has 148 valence electrons. The molecule has 1 aliphatic rings. The normalized spacial score (nSPS) is 16.3. The van der Waals surface area contributed by atoms with Gasteiger partial charge in [0, 0.05) is 12.7 Å². The summed E-state index contributed by atoms with van der Waals surface area (Å²) in [5.41, 5.74) is 0.446. The van der Waals surface area contributed by atoms with Crippen LogP contribution in [0.15, 0.2) is 47.1 Å². The van der Waals surface area contributed by atoms with E-state index in [2.05, 4.69) is 15.5 Å². The highest BCUT2D eigenvalue weighted by molar-refractivity contribution is 6.06. The van der Waals surface area contributed by atoms with Crippen LogP contribution in [0.4, 0.5) is 14.5 Å². The fourth-order valence-corrected chi connectivity index (χ4v) is 3.33. The maximum Gasteiger partial charge on any atom is 0.257 e. The minimum absolute atomic E-state index is 0.0807. The topological polar surface area (TPSA) is 88.3 Å². The zero-order chi connectivity index (χ0) is 20.5. The molecule has 2 aromatic heterocycles. The fraction of sp³-hybridized carbons (Fsp3) is 0.200. The van der Waals surface area contributed by atoms with Crippen LogP contribution in [-0.4, -0.2) is 34.5 Å². The molecule has 3 heterocycles. The van der Waals surface area contributed by atoms with Gasteiger partial charge in [0.2, 0.25) is 5.91 Å². The number of rotatable bonds is 4. The SMILES string of the molecule is Cc1onc(-c2ccccn2)c1C(=O)N[C@H]1CCN(c2c(F)cccc2F)C1=O. The van der Waals surface area contributed by atoms with Crippen LogP contribution in [0.1, 0.15) is 22.5 Å². The molecule has 1 aromatic carbocycles. The highest BCUT2D eigenvalue weighted by Gasteiger charge is 2.37. The average Bonchev–Trinajstić information content (AvgIpc) is 3.26. The zero-order valence-corrected chi connectivity index (χ0v) is 15.4. The number of hydrogen-bond acceptors (Lipinski definition) is 5. The van der Waals surface area contributed by atoms with Crippen molar-refractivity contribution in [2.75, 3.05) is 11.4 Å². The van der Waals surface area contributed by atoms with Crippen molar-refractivity contribution in [3.05, 3.63) is 65.6 Å². The summed E-state index contributed by atoms with van der Waals surface area (Å²) in [6.07, 6.45) is 1.77. The van der Waals surface area contributed by atoms with E-state index in [1.165, 1.54) is 6.07 Å². The number of amides is 2. The highest BCUT2D eigenvalue weighted by Crippen LogP contribution is 2.28. The molecule has 29 heavy (non-hydrogen) atoms. The molecule has 0 spiro atoms. The number of pyridine rings is 1. The van der Waals surface area contributed by atoms with E-state index in [1.807, 2.05) is 0 Å². The first-order valence-corrected chi connectivity index (χ1v) is 8.91. The number of aromatic nitrogens is 2. The molecule has 0 unspecified atom stereocenters. The molecule has 3 aromatic rings. The molecule has 9 heteroatoms. The lowest BCUT2D eigenvalue weighted by atomic mass is 10.1. The van der Waals surface area contributed by atoms with Crippen LogP contribution in [0.5, 0.6) is 0 Å². The van der Waals surface area contributed by atoms with Gasteiger partial charge in [0.25, 0.3) is 5.91 Å². The summed E-state index contributed by atoms with van der Waals surface area (Å²) < 4.78 is 33.2. The Labute approximate surface area is 164 Å². The van der Waals surface area contributed by atoms with Crippen LogP contribution >= 0.6 is 0 Å². The Morgan fingerprint density at radius 3 is 2.66 bits per heavy atom. The van der Waals surface area contributed by atoms with Gasteiger partial charge in [-0.1, -0.05) is 17.3 Å². The second-order valence-corrected chi connectivity index (χ2v) is 6.55. The monoisotopic (exact) mass is 398 g/mol. The van der Waals surface area contributed by atoms with Crippen molar-refractivity contribution in [3.8, 4) is 11.4 Å². The van der Waals surface area contributed by atoms with E-state index in [-0.39, 0.29) is 30.0 Å². The lowest BCUT2D eigenvalue weighted by molar-refractivity contribution is -0.118. The van der Waals surface area contributed by atoms with Crippen LogP contribution in [0.3, 0.4) is 0 Å². The maximum absolute atomic E-state index is 14.0. The Morgan fingerprint density at radius 1 is 1.21 bits per heavy atom. The van der Waals surface area contributed by atoms with Crippen molar-refractivity contribution in [1.82, 2.24) is 15.5 Å². The number of nitrogens with one attached hydrogen (secondary N) is 1. The van der Waals surface area contributed by atoms with E-state index < -0.39 is 35.2 Å². The number of carbonyl (C=O) groups excluding carboxylic acids is 2. The van der Waals surface area contributed by atoms with E-state index in [4.69, 9.17) is 4.52 Å². The van der Waals surface area contributed by atoms with Crippen molar-refractivity contribution in [1.29, 1.82) is 0 Å². The van der Waals surface area contributed by atoms with Crippen LogP contribution < -0.4 is 10.2 Å². The molecule has 0 radical (unpaired) electrons. The van der Waals surface area contributed by atoms with Crippen molar-refractivity contribution in [2.24, 2.45) is 0 Å². The van der Waals surface area contributed by atoms with E-state index >= 15 is 0 Å². The molecule has 4 rings (SSSR count). The number of anilines is 1. The van der Waals surface area contributed by atoms with Gasteiger partial charge in [0.15, 0.2) is 0 Å². The number of hydrogen-bond donors (Lipinski definition) is 1. The second-order valence-electron chi connectivity index (χ2n) is 6.55. The van der Waals surface area contributed by atoms with E-state index in [1.54, 1.807) is 31.3 Å². The molecular formula is C20H16F2N4O3. The van der Waals surface area contributed by atoms with Gasteiger partial charge in [-0.25, -0.2) is 8.78 Å². The summed E-state index contributed by atoms with van der Waals surface area (Å²) in [7, 11) is 0. The zero-order valence-electron chi connectivity index (χ0n) is 15.4. The molecule has 1 N–H and O–H groups in total. The quantitative estimate of drug-likeness (QED) is 0.730. The molecule has 0 saturated carbocycles. The Balaban J connectivity index is 1.56.